The topological polar surface area (TPSA) is 82.8 Å². The van der Waals surface area contributed by atoms with E-state index >= 15 is 4.39 Å². The molecular weight excluding hydrogens is 486 g/mol. The van der Waals surface area contributed by atoms with E-state index in [9.17, 15) is 14.4 Å². The molecule has 8 heteroatoms. The number of nitrogens with zero attached hydrogens (tertiary/aromatic N) is 2. The highest BCUT2D eigenvalue weighted by atomic mass is 35.5. The molecular formula is C28H21ClF2N2O3. The molecule has 0 spiro atoms. The lowest BCUT2D eigenvalue weighted by Crippen LogP contribution is -2.18. The molecule has 1 heterocycles. The Morgan fingerprint density at radius 2 is 1.69 bits per heavy atom. The number of aryl methyl sites for hydroxylation is 1. The molecule has 0 aliphatic carbocycles. The number of aromatic carboxylic acids is 1. The van der Waals surface area contributed by atoms with Gasteiger partial charge in [0.15, 0.2) is 0 Å². The van der Waals surface area contributed by atoms with Crippen molar-refractivity contribution in [3.63, 3.8) is 0 Å². The van der Waals surface area contributed by atoms with Crippen LogP contribution in [0.4, 0.5) is 8.78 Å². The van der Waals surface area contributed by atoms with Crippen molar-refractivity contribution in [2.75, 3.05) is 0 Å². The van der Waals surface area contributed by atoms with Gasteiger partial charge in [-0.3, -0.25) is 4.98 Å². The third-order valence-electron chi connectivity index (χ3n) is 5.86. The summed E-state index contributed by atoms with van der Waals surface area (Å²) in [5.74, 6) is -3.47. The van der Waals surface area contributed by atoms with E-state index in [1.807, 2.05) is 13.0 Å². The predicted octanol–water partition coefficient (Wildman–Crippen LogP) is 6.89. The van der Waals surface area contributed by atoms with E-state index in [1.165, 1.54) is 18.2 Å². The van der Waals surface area contributed by atoms with E-state index in [0.717, 1.165) is 17.3 Å². The largest absolute Gasteiger partial charge is 0.478 e. The second-order valence-electron chi connectivity index (χ2n) is 8.29. The maximum Gasteiger partial charge on any atom is 0.338 e. The summed E-state index contributed by atoms with van der Waals surface area (Å²) in [7, 11) is 0. The zero-order chi connectivity index (χ0) is 25.8. The number of hydrogen-bond acceptors (Lipinski definition) is 4. The minimum absolute atomic E-state index is 0.240. The Hall–Kier alpha value is -4.10. The van der Waals surface area contributed by atoms with Crippen LogP contribution in [0.3, 0.4) is 0 Å². The normalized spacial score (nSPS) is 12.4. The molecule has 36 heavy (non-hydrogen) atoms. The number of hydrogen-bond donors (Lipinski definition) is 2. The Bertz CT molecular complexity index is 1460. The Kier molecular flexibility index (Phi) is 7.41. The number of carboxylic acid groups (broad SMARTS) is 1. The average molecular weight is 507 g/mol. The van der Waals surface area contributed by atoms with Crippen molar-refractivity contribution in [2.24, 2.45) is 5.16 Å². The number of benzene rings is 3. The molecule has 4 rings (SSSR count). The van der Waals surface area contributed by atoms with E-state index in [1.54, 1.807) is 48.7 Å². The summed E-state index contributed by atoms with van der Waals surface area (Å²) in [6, 6.07) is 18.8. The van der Waals surface area contributed by atoms with E-state index in [0.29, 0.717) is 22.4 Å². The molecule has 0 radical (unpaired) electrons. The molecule has 2 N–H and O–H groups in total. The Labute approximate surface area is 211 Å². The molecule has 0 aliphatic rings. The lowest BCUT2D eigenvalue weighted by Gasteiger charge is -2.21. The van der Waals surface area contributed by atoms with Gasteiger partial charge in [-0.25, -0.2) is 13.6 Å². The minimum atomic E-state index is -1.34. The number of oxime groups is 1. The highest BCUT2D eigenvalue weighted by Gasteiger charge is 2.25. The van der Waals surface area contributed by atoms with Gasteiger partial charge in [-0.05, 0) is 65.6 Å². The SMILES string of the molecule is Cc1cc(CC(=NO)C(c2ccc(-c3ccc(C(=O)O)c(F)c3)cc2)c2ccc(Cl)cc2F)ccn1. The second kappa shape index (κ2) is 10.7. The van der Waals surface area contributed by atoms with E-state index in [4.69, 9.17) is 16.7 Å². The Morgan fingerprint density at radius 1 is 0.972 bits per heavy atom. The van der Waals surface area contributed by atoms with Crippen LogP contribution in [0.25, 0.3) is 11.1 Å². The van der Waals surface area contributed by atoms with Crippen molar-refractivity contribution in [1.29, 1.82) is 0 Å². The summed E-state index contributed by atoms with van der Waals surface area (Å²) < 4.78 is 29.3. The van der Waals surface area contributed by atoms with Crippen molar-refractivity contribution in [1.82, 2.24) is 4.98 Å². The monoisotopic (exact) mass is 506 g/mol. The maximum absolute atomic E-state index is 15.1. The van der Waals surface area contributed by atoms with Gasteiger partial charge in [0.1, 0.15) is 11.6 Å². The molecule has 0 amide bonds. The van der Waals surface area contributed by atoms with Crippen LogP contribution in [0.2, 0.25) is 5.02 Å². The van der Waals surface area contributed by atoms with E-state index in [2.05, 4.69) is 10.1 Å². The number of halogens is 3. The van der Waals surface area contributed by atoms with Crippen LogP contribution in [-0.2, 0) is 6.42 Å². The van der Waals surface area contributed by atoms with Gasteiger partial charge in [0.25, 0.3) is 0 Å². The maximum atomic E-state index is 15.1. The van der Waals surface area contributed by atoms with Crippen LogP contribution < -0.4 is 0 Å². The molecule has 5 nitrogen and oxygen atoms in total. The summed E-state index contributed by atoms with van der Waals surface area (Å²) in [4.78, 5) is 15.3. The highest BCUT2D eigenvalue weighted by molar-refractivity contribution is 6.30. The lowest BCUT2D eigenvalue weighted by molar-refractivity contribution is 0.0692. The fourth-order valence-electron chi connectivity index (χ4n) is 4.14. The van der Waals surface area contributed by atoms with Gasteiger partial charge in [0.05, 0.1) is 17.2 Å². The van der Waals surface area contributed by atoms with E-state index < -0.39 is 29.1 Å². The highest BCUT2D eigenvalue weighted by Crippen LogP contribution is 2.33. The summed E-state index contributed by atoms with van der Waals surface area (Å²) in [5, 5.41) is 22.8. The lowest BCUT2D eigenvalue weighted by atomic mass is 9.83. The van der Waals surface area contributed by atoms with E-state index in [-0.39, 0.29) is 17.0 Å². The van der Waals surface area contributed by atoms with Gasteiger partial charge >= 0.3 is 5.97 Å². The fourth-order valence-corrected chi connectivity index (χ4v) is 4.30. The smallest absolute Gasteiger partial charge is 0.338 e. The molecule has 3 aromatic carbocycles. The summed E-state index contributed by atoms with van der Waals surface area (Å²) in [6.45, 7) is 1.85. The van der Waals surface area contributed by atoms with Gasteiger partial charge in [-0.15, -0.1) is 0 Å². The molecule has 182 valence electrons. The summed E-state index contributed by atoms with van der Waals surface area (Å²) in [6.07, 6.45) is 1.90. The van der Waals surface area contributed by atoms with Gasteiger partial charge in [0.2, 0.25) is 0 Å². The zero-order valence-electron chi connectivity index (χ0n) is 19.1. The van der Waals surface area contributed by atoms with Crippen LogP contribution in [-0.4, -0.2) is 27.0 Å². The first kappa shape index (κ1) is 25.0. The number of carboxylic acids is 1. The number of aromatic nitrogens is 1. The summed E-state index contributed by atoms with van der Waals surface area (Å²) >= 11 is 5.97. The van der Waals surface area contributed by atoms with Crippen LogP contribution in [0, 0.1) is 18.6 Å². The number of rotatable bonds is 7. The summed E-state index contributed by atoms with van der Waals surface area (Å²) in [5.41, 5.74) is 3.59. The van der Waals surface area contributed by atoms with Crippen molar-refractivity contribution in [3.8, 4) is 11.1 Å². The van der Waals surface area contributed by atoms with Crippen LogP contribution in [0.5, 0.6) is 0 Å². The molecule has 1 aromatic heterocycles. The molecule has 1 atom stereocenters. The molecule has 4 aromatic rings. The number of carbonyl (C=O) groups is 1. The van der Waals surface area contributed by atoms with Gasteiger partial charge in [-0.1, -0.05) is 53.2 Å². The van der Waals surface area contributed by atoms with Gasteiger partial charge < -0.3 is 10.3 Å². The third-order valence-corrected chi connectivity index (χ3v) is 6.09. The average Bonchev–Trinajstić information content (AvgIpc) is 2.85. The number of pyridine rings is 1. The van der Waals surface area contributed by atoms with Crippen molar-refractivity contribution >= 4 is 23.3 Å². The Balaban J connectivity index is 1.75. The zero-order valence-corrected chi connectivity index (χ0v) is 19.9. The van der Waals surface area contributed by atoms with Crippen molar-refractivity contribution < 1.29 is 23.9 Å². The van der Waals surface area contributed by atoms with Crippen LogP contribution in [0.15, 0.2) is 84.1 Å². The quantitative estimate of drug-likeness (QED) is 0.162. The van der Waals surface area contributed by atoms with Crippen LogP contribution in [0.1, 0.15) is 38.7 Å². The molecule has 0 aliphatic heterocycles. The predicted molar refractivity (Wildman–Crippen MR) is 134 cm³/mol. The standard InChI is InChI=1S/C28H21ClF2N2O3/c1-16-12-17(10-11-32-16)13-26(33-36)27(22-9-7-21(29)15-25(22)31)19-4-2-18(3-5-19)20-6-8-23(28(34)35)24(30)14-20/h2-12,14-15,27,36H,13H2,1H3,(H,34,35). The van der Waals surface area contributed by atoms with Gasteiger partial charge in [-0.2, -0.15) is 0 Å². The first-order valence-electron chi connectivity index (χ1n) is 11.0. The molecule has 0 fully saturated rings. The van der Waals surface area contributed by atoms with Gasteiger partial charge in [0, 0.05) is 28.9 Å². The molecule has 0 saturated heterocycles. The van der Waals surface area contributed by atoms with Crippen molar-refractivity contribution in [2.45, 2.75) is 19.3 Å². The Morgan fingerprint density at radius 3 is 2.31 bits per heavy atom. The molecule has 0 bridgehead atoms. The molecule has 0 saturated carbocycles. The third kappa shape index (κ3) is 5.42. The minimum Gasteiger partial charge on any atom is -0.478 e. The first-order valence-corrected chi connectivity index (χ1v) is 11.3. The van der Waals surface area contributed by atoms with Crippen LogP contribution >= 0.6 is 11.6 Å². The first-order chi connectivity index (χ1) is 17.3. The fraction of sp³-hybridized carbons (Fsp3) is 0.107. The van der Waals surface area contributed by atoms with Crippen molar-refractivity contribution in [3.05, 3.63) is 124 Å². The second-order valence-corrected chi connectivity index (χ2v) is 8.73. The molecule has 1 unspecified atom stereocenters.